The van der Waals surface area contributed by atoms with Crippen molar-refractivity contribution in [3.8, 4) is 0 Å². The van der Waals surface area contributed by atoms with Crippen LogP contribution in [0, 0.1) is 5.92 Å². The summed E-state index contributed by atoms with van der Waals surface area (Å²) in [6.07, 6.45) is 7.84. The van der Waals surface area contributed by atoms with Crippen molar-refractivity contribution in [3.05, 3.63) is 40.6 Å². The third-order valence-corrected chi connectivity index (χ3v) is 7.44. The Balaban J connectivity index is 1.42. The van der Waals surface area contributed by atoms with Crippen LogP contribution in [0.5, 0.6) is 0 Å². The molecule has 3 aliphatic rings. The molecule has 4 rings (SSSR count). The van der Waals surface area contributed by atoms with Crippen LogP contribution in [0.2, 0.25) is 0 Å². The first kappa shape index (κ1) is 20.3. The molecule has 0 fully saturated rings. The van der Waals surface area contributed by atoms with Gasteiger partial charge in [-0.3, -0.25) is 14.6 Å². The minimum atomic E-state index is -0.571. The van der Waals surface area contributed by atoms with Gasteiger partial charge in [0.25, 0.3) is 5.91 Å². The number of thioether (sulfide) groups is 2. The Bertz CT molecular complexity index is 898. The molecule has 1 aromatic rings. The van der Waals surface area contributed by atoms with Gasteiger partial charge in [-0.05, 0) is 54.2 Å². The predicted octanol–water partition coefficient (Wildman–Crippen LogP) is 2.67. The van der Waals surface area contributed by atoms with Gasteiger partial charge in [-0.1, -0.05) is 29.6 Å². The van der Waals surface area contributed by atoms with Crippen LogP contribution >= 0.6 is 23.5 Å². The summed E-state index contributed by atoms with van der Waals surface area (Å²) in [4.78, 5) is 39.4. The Kier molecular flexibility index (Phi) is 6.46. The van der Waals surface area contributed by atoms with E-state index in [1.165, 1.54) is 10.5 Å². The Hall–Kier alpha value is -1.97. The molecule has 152 valence electrons. The molecule has 2 aliphatic heterocycles. The lowest BCUT2D eigenvalue weighted by Gasteiger charge is -2.20. The maximum absolute atomic E-state index is 12.7. The molecule has 2 N–H and O–H groups in total. The van der Waals surface area contributed by atoms with Crippen molar-refractivity contribution < 1.29 is 14.7 Å². The second kappa shape index (κ2) is 9.23. The summed E-state index contributed by atoms with van der Waals surface area (Å²) in [5, 5.41) is 12.8. The summed E-state index contributed by atoms with van der Waals surface area (Å²) in [5.41, 5.74) is 2.08. The Morgan fingerprint density at radius 1 is 1.34 bits per heavy atom. The highest BCUT2D eigenvalue weighted by Gasteiger charge is 2.41. The average Bonchev–Trinajstić information content (AvgIpc) is 3.11. The van der Waals surface area contributed by atoms with Gasteiger partial charge in [-0.15, -0.1) is 0 Å². The number of carbonyl (C=O) groups excluding carboxylic acids is 2. The van der Waals surface area contributed by atoms with Crippen LogP contribution in [0.3, 0.4) is 0 Å². The Labute approximate surface area is 177 Å². The van der Waals surface area contributed by atoms with Gasteiger partial charge in [0, 0.05) is 25.5 Å². The zero-order chi connectivity index (χ0) is 20.2. The molecule has 2 unspecified atom stereocenters. The second-order valence-corrected chi connectivity index (χ2v) is 9.36. The van der Waals surface area contributed by atoms with Gasteiger partial charge in [-0.2, -0.15) is 4.99 Å². The highest BCUT2D eigenvalue weighted by molar-refractivity contribution is 8.18. The van der Waals surface area contributed by atoms with E-state index < -0.39 is 5.25 Å². The first-order valence-corrected chi connectivity index (χ1v) is 11.4. The van der Waals surface area contributed by atoms with E-state index >= 15 is 0 Å². The number of aliphatic hydroxyl groups excluding tert-OH is 1. The SMILES string of the molecule is O=C(NCc1cccnc1)C(CCO)SC1=NC(=O)C2C(=N1)SC1=C2CCCC1. The molecule has 3 heterocycles. The second-order valence-electron chi connectivity index (χ2n) is 7.07. The normalized spacial score (nSPS) is 21.8. The third-order valence-electron chi connectivity index (χ3n) is 5.06. The van der Waals surface area contributed by atoms with Crippen LogP contribution in [-0.4, -0.2) is 44.0 Å². The molecule has 1 aliphatic carbocycles. The molecule has 29 heavy (non-hydrogen) atoms. The number of amides is 2. The molecule has 2 amide bonds. The van der Waals surface area contributed by atoms with Gasteiger partial charge >= 0.3 is 0 Å². The topological polar surface area (TPSA) is 104 Å². The predicted molar refractivity (Wildman–Crippen MR) is 116 cm³/mol. The fraction of sp³-hybridized carbons (Fsp3) is 0.450. The number of amidine groups is 1. The van der Waals surface area contributed by atoms with Crippen molar-refractivity contribution >= 4 is 45.5 Å². The van der Waals surface area contributed by atoms with Gasteiger partial charge in [0.2, 0.25) is 5.91 Å². The summed E-state index contributed by atoms with van der Waals surface area (Å²) in [6, 6.07) is 3.69. The summed E-state index contributed by atoms with van der Waals surface area (Å²) in [7, 11) is 0. The minimum absolute atomic E-state index is 0.136. The number of aromatic nitrogens is 1. The molecule has 7 nitrogen and oxygen atoms in total. The highest BCUT2D eigenvalue weighted by atomic mass is 32.2. The number of carbonyl (C=O) groups is 2. The van der Waals surface area contributed by atoms with Gasteiger partial charge in [-0.25, -0.2) is 4.99 Å². The van der Waals surface area contributed by atoms with E-state index in [0.29, 0.717) is 11.7 Å². The van der Waals surface area contributed by atoms with Gasteiger partial charge in [0.15, 0.2) is 5.17 Å². The van der Waals surface area contributed by atoms with E-state index in [0.717, 1.165) is 48.1 Å². The number of nitrogens with one attached hydrogen (secondary N) is 1. The van der Waals surface area contributed by atoms with E-state index in [-0.39, 0.29) is 30.8 Å². The van der Waals surface area contributed by atoms with Crippen molar-refractivity contribution in [1.82, 2.24) is 10.3 Å². The van der Waals surface area contributed by atoms with E-state index in [1.54, 1.807) is 24.2 Å². The summed E-state index contributed by atoms with van der Waals surface area (Å²) in [6.45, 7) is 0.215. The maximum Gasteiger partial charge on any atom is 0.262 e. The Morgan fingerprint density at radius 2 is 2.21 bits per heavy atom. The molecule has 9 heteroatoms. The molecule has 0 saturated heterocycles. The van der Waals surface area contributed by atoms with Gasteiger partial charge < -0.3 is 10.4 Å². The molecule has 2 atom stereocenters. The number of hydrogen-bond donors (Lipinski definition) is 2. The lowest BCUT2D eigenvalue weighted by molar-refractivity contribution is -0.121. The number of aliphatic hydroxyl groups is 1. The minimum Gasteiger partial charge on any atom is -0.396 e. The largest absolute Gasteiger partial charge is 0.396 e. The lowest BCUT2D eigenvalue weighted by Crippen LogP contribution is -2.34. The molecule has 0 aromatic carbocycles. The van der Waals surface area contributed by atoms with Gasteiger partial charge in [0.05, 0.1) is 10.3 Å². The first-order chi connectivity index (χ1) is 14.2. The number of aliphatic imine (C=N–C) groups is 2. The van der Waals surface area contributed by atoms with E-state index in [9.17, 15) is 14.7 Å². The van der Waals surface area contributed by atoms with Crippen LogP contribution in [0.25, 0.3) is 0 Å². The number of allylic oxidation sites excluding steroid dienone is 1. The quantitative estimate of drug-likeness (QED) is 0.719. The number of nitrogens with zero attached hydrogens (tertiary/aromatic N) is 3. The first-order valence-electron chi connectivity index (χ1n) is 9.70. The fourth-order valence-corrected chi connectivity index (χ4v) is 5.99. The van der Waals surface area contributed by atoms with Crippen LogP contribution in [0.1, 0.15) is 37.7 Å². The standard InChI is InChI=1S/C20H22N4O3S2/c25-9-7-15(17(26)22-11-12-4-3-8-21-10-12)29-20-23-18(27)16-13-5-1-2-6-14(13)28-19(16)24-20/h3-4,8,10,15-16,25H,1-2,5-7,9,11H2,(H,22,26). The molecule has 0 radical (unpaired) electrons. The van der Waals surface area contributed by atoms with Crippen LogP contribution in [0.4, 0.5) is 0 Å². The average molecular weight is 431 g/mol. The van der Waals surface area contributed by atoms with Crippen molar-refractivity contribution in [2.75, 3.05) is 6.61 Å². The summed E-state index contributed by atoms with van der Waals surface area (Å²) < 4.78 is 0. The van der Waals surface area contributed by atoms with E-state index in [1.807, 2.05) is 12.1 Å². The number of hydrogen-bond acceptors (Lipinski definition) is 7. The van der Waals surface area contributed by atoms with E-state index in [2.05, 4.69) is 20.3 Å². The smallest absolute Gasteiger partial charge is 0.262 e. The van der Waals surface area contributed by atoms with Crippen molar-refractivity contribution in [1.29, 1.82) is 0 Å². The zero-order valence-corrected chi connectivity index (χ0v) is 17.5. The number of pyridine rings is 1. The number of fused-ring (bicyclic) bond motifs is 2. The molecular formula is C20H22N4O3S2. The van der Waals surface area contributed by atoms with Crippen LogP contribution in [-0.2, 0) is 16.1 Å². The number of rotatable bonds is 6. The van der Waals surface area contributed by atoms with Crippen LogP contribution < -0.4 is 5.32 Å². The van der Waals surface area contributed by atoms with E-state index in [4.69, 9.17) is 0 Å². The molecule has 0 spiro atoms. The highest BCUT2D eigenvalue weighted by Crippen LogP contribution is 2.47. The fourth-order valence-electron chi connectivity index (χ4n) is 3.62. The van der Waals surface area contributed by atoms with Crippen molar-refractivity contribution in [3.63, 3.8) is 0 Å². The lowest BCUT2D eigenvalue weighted by atomic mass is 9.89. The van der Waals surface area contributed by atoms with Crippen molar-refractivity contribution in [2.24, 2.45) is 15.9 Å². The summed E-state index contributed by atoms with van der Waals surface area (Å²) >= 11 is 2.74. The Morgan fingerprint density at radius 3 is 3.00 bits per heavy atom. The van der Waals surface area contributed by atoms with Crippen molar-refractivity contribution in [2.45, 2.75) is 43.9 Å². The third kappa shape index (κ3) is 4.62. The zero-order valence-electron chi connectivity index (χ0n) is 15.8. The molecule has 1 aromatic heterocycles. The maximum atomic E-state index is 12.7. The molecule has 0 bridgehead atoms. The molecule has 0 saturated carbocycles. The van der Waals surface area contributed by atoms with Gasteiger partial charge in [0.1, 0.15) is 5.92 Å². The molecular weight excluding hydrogens is 408 g/mol. The van der Waals surface area contributed by atoms with Crippen LogP contribution in [0.15, 0.2) is 45.0 Å². The summed E-state index contributed by atoms with van der Waals surface area (Å²) in [5.74, 6) is -0.715. The monoisotopic (exact) mass is 430 g/mol.